The van der Waals surface area contributed by atoms with Crippen LogP contribution in [0.3, 0.4) is 0 Å². The highest BCUT2D eigenvalue weighted by molar-refractivity contribution is 9.10. The third-order valence-electron chi connectivity index (χ3n) is 1.79. The Labute approximate surface area is 78.1 Å². The van der Waals surface area contributed by atoms with Crippen LogP contribution in [0.5, 0.6) is 0 Å². The summed E-state index contributed by atoms with van der Waals surface area (Å²) >= 11 is 3.40. The Morgan fingerprint density at radius 3 is 2.75 bits per heavy atom. The minimum absolute atomic E-state index is 0.194. The van der Waals surface area contributed by atoms with Crippen molar-refractivity contribution in [1.29, 1.82) is 0 Å². The largest absolute Gasteiger partial charge is 0.207 e. The zero-order chi connectivity index (χ0) is 8.55. The SMILES string of the molecule is Fc1ccc2c(Br)cccc2c1. The maximum absolute atomic E-state index is 12.8. The van der Waals surface area contributed by atoms with Gasteiger partial charge < -0.3 is 0 Å². The summed E-state index contributed by atoms with van der Waals surface area (Å²) in [6, 6.07) is 10.5. The summed E-state index contributed by atoms with van der Waals surface area (Å²) in [5.74, 6) is -0.194. The van der Waals surface area contributed by atoms with Gasteiger partial charge in [-0.25, -0.2) is 4.39 Å². The molecule has 0 spiro atoms. The fourth-order valence-electron chi connectivity index (χ4n) is 1.22. The van der Waals surface area contributed by atoms with Gasteiger partial charge in [0.25, 0.3) is 0 Å². The highest BCUT2D eigenvalue weighted by Gasteiger charge is 1.97. The molecule has 0 nitrogen and oxygen atoms in total. The molecule has 0 fully saturated rings. The van der Waals surface area contributed by atoms with Crippen molar-refractivity contribution < 1.29 is 4.39 Å². The van der Waals surface area contributed by atoms with Crippen molar-refractivity contribution in [2.45, 2.75) is 0 Å². The lowest BCUT2D eigenvalue weighted by Gasteiger charge is -1.98. The first-order valence-corrected chi connectivity index (χ1v) is 4.40. The van der Waals surface area contributed by atoms with Crippen LogP contribution in [0.1, 0.15) is 0 Å². The molecule has 2 heteroatoms. The molecule has 60 valence electrons. The first-order chi connectivity index (χ1) is 5.77. The van der Waals surface area contributed by atoms with E-state index in [0.717, 1.165) is 15.2 Å². The van der Waals surface area contributed by atoms with E-state index in [1.54, 1.807) is 6.07 Å². The topological polar surface area (TPSA) is 0 Å². The van der Waals surface area contributed by atoms with Crippen molar-refractivity contribution in [3.05, 3.63) is 46.7 Å². The standard InChI is InChI=1S/C10H6BrF/c11-10-3-1-2-7-6-8(12)4-5-9(7)10/h1-6H. The molecule has 0 aliphatic rings. The average Bonchev–Trinajstić information content (AvgIpc) is 2.04. The second kappa shape index (κ2) is 2.87. The minimum Gasteiger partial charge on any atom is -0.207 e. The van der Waals surface area contributed by atoms with Gasteiger partial charge in [0.1, 0.15) is 5.82 Å². The van der Waals surface area contributed by atoms with Crippen LogP contribution in [-0.4, -0.2) is 0 Å². The Kier molecular flexibility index (Phi) is 1.85. The quantitative estimate of drug-likeness (QED) is 0.640. The number of hydrogen-bond donors (Lipinski definition) is 0. The zero-order valence-corrected chi connectivity index (χ0v) is 7.81. The van der Waals surface area contributed by atoms with Crippen molar-refractivity contribution >= 4 is 26.7 Å². The molecule has 0 atom stereocenters. The van der Waals surface area contributed by atoms with E-state index >= 15 is 0 Å². The zero-order valence-electron chi connectivity index (χ0n) is 6.22. The Balaban J connectivity index is 2.86. The van der Waals surface area contributed by atoms with Crippen molar-refractivity contribution in [3.8, 4) is 0 Å². The van der Waals surface area contributed by atoms with Crippen LogP contribution in [0.25, 0.3) is 10.8 Å². The Bertz CT molecular complexity index is 423. The van der Waals surface area contributed by atoms with E-state index in [-0.39, 0.29) is 5.82 Å². The summed E-state index contributed by atoms with van der Waals surface area (Å²) in [5, 5.41) is 1.96. The van der Waals surface area contributed by atoms with Gasteiger partial charge in [-0.1, -0.05) is 34.1 Å². The lowest BCUT2D eigenvalue weighted by atomic mass is 10.1. The highest BCUT2D eigenvalue weighted by Crippen LogP contribution is 2.23. The van der Waals surface area contributed by atoms with Crippen LogP contribution >= 0.6 is 15.9 Å². The molecule has 0 bridgehead atoms. The summed E-state index contributed by atoms with van der Waals surface area (Å²) in [5.41, 5.74) is 0. The molecule has 0 saturated carbocycles. The lowest BCUT2D eigenvalue weighted by Crippen LogP contribution is -1.76. The first-order valence-electron chi connectivity index (χ1n) is 3.61. The summed E-state index contributed by atoms with van der Waals surface area (Å²) in [6.45, 7) is 0. The van der Waals surface area contributed by atoms with Crippen LogP contribution in [0, 0.1) is 5.82 Å². The molecule has 0 heterocycles. The molecule has 2 aromatic rings. The smallest absolute Gasteiger partial charge is 0.123 e. The van der Waals surface area contributed by atoms with Crippen LogP contribution in [0.15, 0.2) is 40.9 Å². The lowest BCUT2D eigenvalue weighted by molar-refractivity contribution is 0.630. The van der Waals surface area contributed by atoms with Gasteiger partial charge in [-0.2, -0.15) is 0 Å². The number of benzene rings is 2. The van der Waals surface area contributed by atoms with E-state index < -0.39 is 0 Å². The summed E-state index contributed by atoms with van der Waals surface area (Å²) in [6.07, 6.45) is 0. The number of rotatable bonds is 0. The van der Waals surface area contributed by atoms with Gasteiger partial charge in [-0.15, -0.1) is 0 Å². The second-order valence-electron chi connectivity index (χ2n) is 2.61. The molecule has 0 amide bonds. The van der Waals surface area contributed by atoms with Crippen molar-refractivity contribution in [2.24, 2.45) is 0 Å². The Morgan fingerprint density at radius 1 is 1.08 bits per heavy atom. The fourth-order valence-corrected chi connectivity index (χ4v) is 1.73. The molecule has 0 N–H and O–H groups in total. The van der Waals surface area contributed by atoms with E-state index in [0.29, 0.717) is 0 Å². The Morgan fingerprint density at radius 2 is 1.92 bits per heavy atom. The number of fused-ring (bicyclic) bond motifs is 1. The van der Waals surface area contributed by atoms with E-state index in [9.17, 15) is 4.39 Å². The molecule has 2 rings (SSSR count). The van der Waals surface area contributed by atoms with Crippen LogP contribution in [-0.2, 0) is 0 Å². The molecule has 0 aliphatic carbocycles. The predicted octanol–water partition coefficient (Wildman–Crippen LogP) is 3.74. The maximum Gasteiger partial charge on any atom is 0.123 e. The second-order valence-corrected chi connectivity index (χ2v) is 3.46. The molecule has 0 aromatic heterocycles. The Hall–Kier alpha value is -0.890. The van der Waals surface area contributed by atoms with E-state index in [1.807, 2.05) is 18.2 Å². The molecular formula is C10H6BrF. The van der Waals surface area contributed by atoms with E-state index in [4.69, 9.17) is 0 Å². The number of halogens is 2. The van der Waals surface area contributed by atoms with E-state index in [1.165, 1.54) is 12.1 Å². The monoisotopic (exact) mass is 224 g/mol. The van der Waals surface area contributed by atoms with Gasteiger partial charge >= 0.3 is 0 Å². The fraction of sp³-hybridized carbons (Fsp3) is 0. The molecule has 2 aromatic carbocycles. The number of hydrogen-bond acceptors (Lipinski definition) is 0. The van der Waals surface area contributed by atoms with Crippen LogP contribution in [0.4, 0.5) is 4.39 Å². The first kappa shape index (κ1) is 7.74. The highest BCUT2D eigenvalue weighted by atomic mass is 79.9. The van der Waals surface area contributed by atoms with Gasteiger partial charge in [-0.3, -0.25) is 0 Å². The van der Waals surface area contributed by atoms with Crippen molar-refractivity contribution in [1.82, 2.24) is 0 Å². The molecule has 0 aliphatic heterocycles. The molecule has 0 saturated heterocycles. The van der Waals surface area contributed by atoms with Gasteiger partial charge in [0.15, 0.2) is 0 Å². The van der Waals surface area contributed by atoms with Crippen molar-refractivity contribution in [2.75, 3.05) is 0 Å². The molecule has 12 heavy (non-hydrogen) atoms. The van der Waals surface area contributed by atoms with Crippen LogP contribution in [0.2, 0.25) is 0 Å². The maximum atomic E-state index is 12.8. The third-order valence-corrected chi connectivity index (χ3v) is 2.48. The van der Waals surface area contributed by atoms with Gasteiger partial charge in [0, 0.05) is 4.47 Å². The molecular weight excluding hydrogens is 219 g/mol. The summed E-state index contributed by atoms with van der Waals surface area (Å²) < 4.78 is 13.8. The molecule has 0 unspecified atom stereocenters. The summed E-state index contributed by atoms with van der Waals surface area (Å²) in [7, 11) is 0. The van der Waals surface area contributed by atoms with E-state index in [2.05, 4.69) is 15.9 Å². The third kappa shape index (κ3) is 1.23. The van der Waals surface area contributed by atoms with Crippen LogP contribution < -0.4 is 0 Å². The molecule has 0 radical (unpaired) electrons. The predicted molar refractivity (Wildman–Crippen MR) is 51.6 cm³/mol. The summed E-state index contributed by atoms with van der Waals surface area (Å²) in [4.78, 5) is 0. The van der Waals surface area contributed by atoms with Crippen molar-refractivity contribution in [3.63, 3.8) is 0 Å². The average molecular weight is 225 g/mol. The van der Waals surface area contributed by atoms with Gasteiger partial charge in [-0.05, 0) is 29.0 Å². The van der Waals surface area contributed by atoms with Gasteiger partial charge in [0.05, 0.1) is 0 Å². The normalized spacial score (nSPS) is 10.5. The minimum atomic E-state index is -0.194. The van der Waals surface area contributed by atoms with Gasteiger partial charge in [0.2, 0.25) is 0 Å².